The first kappa shape index (κ1) is 23.8. The molecule has 3 heterocycles. The number of hydrogen-bond acceptors (Lipinski definition) is 6. The lowest BCUT2D eigenvalue weighted by Gasteiger charge is -2.41. The minimum absolute atomic E-state index is 0.0607. The number of anilines is 1. The molecule has 1 saturated heterocycles. The van der Waals surface area contributed by atoms with Crippen LogP contribution in [0.1, 0.15) is 31.7 Å². The minimum Gasteiger partial charge on any atom is -0.457 e. The third kappa shape index (κ3) is 4.63. The number of benzene rings is 2. The van der Waals surface area contributed by atoms with Crippen molar-refractivity contribution in [3.05, 3.63) is 77.3 Å². The minimum atomic E-state index is -0.0607. The zero-order chi connectivity index (χ0) is 25.4. The molecule has 0 radical (unpaired) electrons. The quantitative estimate of drug-likeness (QED) is 0.442. The summed E-state index contributed by atoms with van der Waals surface area (Å²) in [5, 5.41) is 0. The van der Waals surface area contributed by atoms with Crippen molar-refractivity contribution in [3.8, 4) is 17.2 Å². The average Bonchev–Trinajstić information content (AvgIpc) is 3.23. The number of fused-ring (bicyclic) bond motifs is 1. The lowest BCUT2D eigenvalue weighted by molar-refractivity contribution is 0.0824. The number of para-hydroxylation sites is 1. The fourth-order valence-electron chi connectivity index (χ4n) is 5.94. The molecule has 0 atom stereocenters. The van der Waals surface area contributed by atoms with Crippen LogP contribution < -0.4 is 16.2 Å². The van der Waals surface area contributed by atoms with Gasteiger partial charge in [-0.1, -0.05) is 18.2 Å². The van der Waals surface area contributed by atoms with Crippen molar-refractivity contribution in [2.45, 2.75) is 37.8 Å². The molecule has 8 heteroatoms. The van der Waals surface area contributed by atoms with Gasteiger partial charge in [0.05, 0.1) is 11.2 Å². The highest BCUT2D eigenvalue weighted by molar-refractivity contribution is 5.87. The van der Waals surface area contributed by atoms with Crippen LogP contribution in [-0.4, -0.2) is 63.2 Å². The van der Waals surface area contributed by atoms with E-state index in [4.69, 9.17) is 10.5 Å². The number of ether oxygens (including phenoxy) is 1. The second kappa shape index (κ2) is 10.0. The third-order valence-electron chi connectivity index (χ3n) is 7.97. The highest BCUT2D eigenvalue weighted by atomic mass is 16.5. The Balaban J connectivity index is 1.28. The second-order valence-corrected chi connectivity index (χ2v) is 10.3. The topological polar surface area (TPSA) is 81.5 Å². The zero-order valence-electron chi connectivity index (χ0n) is 21.3. The molecule has 2 fully saturated rings. The van der Waals surface area contributed by atoms with Gasteiger partial charge in [0.2, 0.25) is 0 Å². The first-order valence-electron chi connectivity index (χ1n) is 13.2. The fourth-order valence-corrected chi connectivity index (χ4v) is 5.94. The SMILES string of the molecule is CN1CCN(C2CCC(n3c(=O)n(-c4ccc(Oc5ccccc5)cc4)c4c(N)nccc43)CC2)CC1. The second-order valence-electron chi connectivity index (χ2n) is 10.3. The number of likely N-dealkylation sites (N-methyl/N-ethyl adjacent to an activating group) is 1. The van der Waals surface area contributed by atoms with E-state index in [2.05, 4.69) is 21.8 Å². The predicted octanol–water partition coefficient (Wildman–Crippen LogP) is 4.29. The molecular weight excluding hydrogens is 464 g/mol. The summed E-state index contributed by atoms with van der Waals surface area (Å²) in [6.45, 7) is 4.54. The van der Waals surface area contributed by atoms with Gasteiger partial charge in [-0.05, 0) is 75.2 Å². The normalized spacial score (nSPS) is 21.3. The molecule has 0 amide bonds. The Labute approximate surface area is 216 Å². The number of hydrogen-bond donors (Lipinski definition) is 1. The van der Waals surface area contributed by atoms with E-state index in [9.17, 15) is 4.79 Å². The van der Waals surface area contributed by atoms with E-state index in [1.165, 1.54) is 0 Å². The fraction of sp³-hybridized carbons (Fsp3) is 0.379. The third-order valence-corrected chi connectivity index (χ3v) is 7.97. The van der Waals surface area contributed by atoms with Crippen molar-refractivity contribution in [1.82, 2.24) is 23.9 Å². The molecule has 192 valence electrons. The number of pyridine rings is 1. The maximum Gasteiger partial charge on any atom is 0.334 e. The van der Waals surface area contributed by atoms with Crippen LogP contribution in [0.25, 0.3) is 16.7 Å². The number of aromatic nitrogens is 3. The zero-order valence-corrected chi connectivity index (χ0v) is 21.3. The summed E-state index contributed by atoms with van der Waals surface area (Å²) in [5.41, 5.74) is 8.56. The smallest absolute Gasteiger partial charge is 0.334 e. The number of piperazine rings is 1. The van der Waals surface area contributed by atoms with Crippen molar-refractivity contribution in [2.24, 2.45) is 0 Å². The van der Waals surface area contributed by atoms with E-state index in [-0.39, 0.29) is 11.7 Å². The van der Waals surface area contributed by atoms with Gasteiger partial charge < -0.3 is 15.4 Å². The first-order valence-corrected chi connectivity index (χ1v) is 13.2. The Kier molecular flexibility index (Phi) is 6.44. The predicted molar refractivity (Wildman–Crippen MR) is 147 cm³/mol. The van der Waals surface area contributed by atoms with Gasteiger partial charge in [-0.15, -0.1) is 0 Å². The first-order chi connectivity index (χ1) is 18.1. The molecule has 0 bridgehead atoms. The molecule has 37 heavy (non-hydrogen) atoms. The van der Waals surface area contributed by atoms with Crippen LogP contribution in [0.5, 0.6) is 11.5 Å². The van der Waals surface area contributed by atoms with E-state index in [0.29, 0.717) is 23.1 Å². The molecule has 6 rings (SSSR count). The highest BCUT2D eigenvalue weighted by Gasteiger charge is 2.31. The molecule has 2 aliphatic rings. The van der Waals surface area contributed by atoms with Crippen LogP contribution in [0, 0.1) is 0 Å². The number of rotatable bonds is 5. The van der Waals surface area contributed by atoms with Crippen molar-refractivity contribution >= 4 is 16.9 Å². The Morgan fingerprint density at radius 3 is 2.19 bits per heavy atom. The molecule has 1 saturated carbocycles. The van der Waals surface area contributed by atoms with Gasteiger partial charge in [0.15, 0.2) is 0 Å². The average molecular weight is 499 g/mol. The van der Waals surface area contributed by atoms with Crippen molar-refractivity contribution in [3.63, 3.8) is 0 Å². The Hall–Kier alpha value is -3.62. The van der Waals surface area contributed by atoms with E-state index < -0.39 is 0 Å². The Morgan fingerprint density at radius 1 is 0.838 bits per heavy atom. The Bertz CT molecular complexity index is 1410. The summed E-state index contributed by atoms with van der Waals surface area (Å²) in [7, 11) is 2.20. The van der Waals surface area contributed by atoms with E-state index in [1.807, 2.05) is 65.2 Å². The largest absolute Gasteiger partial charge is 0.457 e. The van der Waals surface area contributed by atoms with Crippen LogP contribution in [0.15, 0.2) is 71.7 Å². The number of nitrogens with two attached hydrogens (primary N) is 1. The molecule has 2 aromatic carbocycles. The molecule has 1 aliphatic heterocycles. The van der Waals surface area contributed by atoms with Crippen molar-refractivity contribution in [1.29, 1.82) is 0 Å². The maximum atomic E-state index is 13.9. The van der Waals surface area contributed by atoms with Gasteiger partial charge in [-0.25, -0.2) is 9.78 Å². The maximum absolute atomic E-state index is 13.9. The van der Waals surface area contributed by atoms with Gasteiger partial charge in [0.25, 0.3) is 0 Å². The number of imidazole rings is 1. The van der Waals surface area contributed by atoms with E-state index in [0.717, 1.165) is 68.8 Å². The van der Waals surface area contributed by atoms with Crippen LogP contribution in [0.2, 0.25) is 0 Å². The highest BCUT2D eigenvalue weighted by Crippen LogP contribution is 2.34. The molecule has 2 aromatic heterocycles. The Morgan fingerprint density at radius 2 is 1.49 bits per heavy atom. The summed E-state index contributed by atoms with van der Waals surface area (Å²) in [5.74, 6) is 1.84. The summed E-state index contributed by atoms with van der Waals surface area (Å²) in [6.07, 6.45) is 5.90. The summed E-state index contributed by atoms with van der Waals surface area (Å²) < 4.78 is 9.61. The molecule has 4 aromatic rings. The molecular formula is C29H34N6O2. The van der Waals surface area contributed by atoms with E-state index >= 15 is 0 Å². The lowest BCUT2D eigenvalue weighted by Crippen LogP contribution is -2.50. The molecule has 1 aliphatic carbocycles. The van der Waals surface area contributed by atoms with E-state index in [1.54, 1.807) is 10.8 Å². The molecule has 0 unspecified atom stereocenters. The van der Waals surface area contributed by atoms with Gasteiger partial charge in [0.1, 0.15) is 22.8 Å². The van der Waals surface area contributed by atoms with Gasteiger partial charge in [-0.3, -0.25) is 14.0 Å². The molecule has 8 nitrogen and oxygen atoms in total. The summed E-state index contributed by atoms with van der Waals surface area (Å²) in [4.78, 5) is 23.3. The van der Waals surface area contributed by atoms with Gasteiger partial charge in [0, 0.05) is 44.5 Å². The molecule has 2 N–H and O–H groups in total. The molecule has 0 spiro atoms. The van der Waals surface area contributed by atoms with Crippen molar-refractivity contribution < 1.29 is 4.74 Å². The van der Waals surface area contributed by atoms with Crippen LogP contribution >= 0.6 is 0 Å². The van der Waals surface area contributed by atoms with Crippen LogP contribution in [0.3, 0.4) is 0 Å². The summed E-state index contributed by atoms with van der Waals surface area (Å²) >= 11 is 0. The number of nitrogen functional groups attached to an aromatic ring is 1. The summed E-state index contributed by atoms with van der Waals surface area (Å²) in [6, 6.07) is 19.9. The van der Waals surface area contributed by atoms with Crippen LogP contribution in [0.4, 0.5) is 5.82 Å². The lowest BCUT2D eigenvalue weighted by atomic mass is 9.89. The van der Waals surface area contributed by atoms with Crippen LogP contribution in [-0.2, 0) is 0 Å². The van der Waals surface area contributed by atoms with Crippen molar-refractivity contribution in [2.75, 3.05) is 39.0 Å². The van der Waals surface area contributed by atoms with Gasteiger partial charge >= 0.3 is 5.69 Å². The standard InChI is InChI=1S/C29H34N6O2/c1-32-17-19-33(20-18-32)21-7-9-22(10-8-21)34-26-15-16-31-28(30)27(26)35(29(34)36)23-11-13-25(14-12-23)37-24-5-3-2-4-6-24/h2-6,11-16,21-22H,7-10,17-20H2,1H3,(H2,30,31). The van der Waals surface area contributed by atoms with Gasteiger partial charge in [-0.2, -0.15) is 0 Å². The number of nitrogens with zero attached hydrogens (tertiary/aromatic N) is 5. The monoisotopic (exact) mass is 498 g/mol.